The van der Waals surface area contributed by atoms with Gasteiger partial charge in [-0.15, -0.1) is 0 Å². The Balaban J connectivity index is 1.23. The van der Waals surface area contributed by atoms with Gasteiger partial charge in [0, 0.05) is 12.1 Å². The molecule has 2 aromatic carbocycles. The van der Waals surface area contributed by atoms with Crippen LogP contribution in [-0.4, -0.2) is 45.5 Å². The molecule has 0 saturated heterocycles. The normalized spacial score (nSPS) is 30.6. The maximum Gasteiger partial charge on any atom is 0.261 e. The van der Waals surface area contributed by atoms with E-state index in [1.807, 2.05) is 0 Å². The summed E-state index contributed by atoms with van der Waals surface area (Å²) in [7, 11) is 0. The van der Waals surface area contributed by atoms with Gasteiger partial charge in [0.2, 0.25) is 0 Å². The molecule has 4 aliphatic rings. The number of hydrogen-bond donors (Lipinski definition) is 0. The molecule has 39 heavy (non-hydrogen) atoms. The van der Waals surface area contributed by atoms with Gasteiger partial charge in [-0.3, -0.25) is 29.0 Å². The van der Waals surface area contributed by atoms with Crippen LogP contribution in [0.3, 0.4) is 0 Å². The highest BCUT2D eigenvalue weighted by atomic mass is 16.5. The van der Waals surface area contributed by atoms with E-state index in [-0.39, 0.29) is 47.5 Å². The number of fused-ring (bicyclic) bond motifs is 2. The Bertz CT molecular complexity index is 1280. The molecule has 0 radical (unpaired) electrons. The highest BCUT2D eigenvalue weighted by Crippen LogP contribution is 2.40. The molecular weight excluding hydrogens is 492 g/mol. The lowest BCUT2D eigenvalue weighted by Gasteiger charge is -2.37. The molecule has 7 heteroatoms. The van der Waals surface area contributed by atoms with Crippen LogP contribution in [0.15, 0.2) is 36.4 Å². The van der Waals surface area contributed by atoms with E-state index >= 15 is 0 Å². The Hall–Kier alpha value is -3.48. The van der Waals surface area contributed by atoms with Crippen LogP contribution in [0.1, 0.15) is 108 Å². The average molecular weight is 529 g/mol. The minimum absolute atomic E-state index is 0.0939. The number of nitrogens with zero attached hydrogens (tertiary/aromatic N) is 2. The zero-order chi connectivity index (χ0) is 27.6. The lowest BCUT2D eigenvalue weighted by Crippen LogP contribution is -2.46. The van der Waals surface area contributed by atoms with Gasteiger partial charge in [-0.2, -0.15) is 0 Å². The molecule has 2 saturated carbocycles. The van der Waals surface area contributed by atoms with Crippen molar-refractivity contribution in [3.8, 4) is 11.5 Å². The molecule has 2 aliphatic heterocycles. The summed E-state index contributed by atoms with van der Waals surface area (Å²) in [5.41, 5.74) is 1.50. The predicted octanol–water partition coefficient (Wildman–Crippen LogP) is 6.32. The molecule has 0 N–H and O–H groups in total. The van der Waals surface area contributed by atoms with E-state index in [1.54, 1.807) is 36.4 Å². The smallest absolute Gasteiger partial charge is 0.261 e. The zero-order valence-corrected chi connectivity index (χ0v) is 23.1. The van der Waals surface area contributed by atoms with Gasteiger partial charge in [-0.05, 0) is 85.8 Å². The Morgan fingerprint density at radius 3 is 1.36 bits per heavy atom. The van der Waals surface area contributed by atoms with Crippen molar-refractivity contribution in [3.05, 3.63) is 58.7 Å². The molecule has 7 nitrogen and oxygen atoms in total. The van der Waals surface area contributed by atoms with E-state index in [0.717, 1.165) is 38.5 Å². The van der Waals surface area contributed by atoms with E-state index in [2.05, 4.69) is 27.7 Å². The van der Waals surface area contributed by atoms with Crippen molar-refractivity contribution in [3.63, 3.8) is 0 Å². The van der Waals surface area contributed by atoms with Gasteiger partial charge in [0.05, 0.1) is 22.3 Å². The minimum Gasteiger partial charge on any atom is -0.457 e. The molecule has 204 valence electrons. The minimum atomic E-state index is -0.271. The first kappa shape index (κ1) is 25.8. The number of benzene rings is 2. The number of amides is 4. The van der Waals surface area contributed by atoms with Gasteiger partial charge < -0.3 is 4.74 Å². The van der Waals surface area contributed by atoms with Crippen LogP contribution in [0, 0.1) is 23.7 Å². The van der Waals surface area contributed by atoms with Gasteiger partial charge in [-0.25, -0.2) is 0 Å². The van der Waals surface area contributed by atoms with Crippen molar-refractivity contribution < 1.29 is 23.9 Å². The van der Waals surface area contributed by atoms with Gasteiger partial charge in [0.1, 0.15) is 11.5 Å². The molecule has 0 spiro atoms. The van der Waals surface area contributed by atoms with E-state index in [4.69, 9.17) is 4.74 Å². The van der Waals surface area contributed by atoms with Crippen LogP contribution in [0.25, 0.3) is 0 Å². The second kappa shape index (κ2) is 9.61. The van der Waals surface area contributed by atoms with Crippen LogP contribution in [0.4, 0.5) is 0 Å². The van der Waals surface area contributed by atoms with Crippen LogP contribution in [0.2, 0.25) is 0 Å². The summed E-state index contributed by atoms with van der Waals surface area (Å²) in [5.74, 6) is 1.29. The summed E-state index contributed by atoms with van der Waals surface area (Å²) >= 11 is 0. The van der Waals surface area contributed by atoms with Crippen molar-refractivity contribution >= 4 is 23.6 Å². The van der Waals surface area contributed by atoms with Crippen molar-refractivity contribution in [2.75, 3.05) is 0 Å². The predicted molar refractivity (Wildman–Crippen MR) is 146 cm³/mol. The molecule has 6 rings (SSSR count). The van der Waals surface area contributed by atoms with Gasteiger partial charge in [0.15, 0.2) is 0 Å². The quantitative estimate of drug-likeness (QED) is 0.434. The molecule has 6 atom stereocenters. The van der Waals surface area contributed by atoms with Crippen molar-refractivity contribution in [2.24, 2.45) is 23.7 Å². The van der Waals surface area contributed by atoms with Gasteiger partial charge in [-0.1, -0.05) is 40.5 Å². The Labute approximate surface area is 229 Å². The molecule has 4 amide bonds. The molecule has 0 aromatic heterocycles. The fourth-order valence-corrected chi connectivity index (χ4v) is 7.07. The Morgan fingerprint density at radius 1 is 0.564 bits per heavy atom. The monoisotopic (exact) mass is 528 g/mol. The summed E-state index contributed by atoms with van der Waals surface area (Å²) in [6.45, 7) is 8.58. The third-order valence-corrected chi connectivity index (χ3v) is 9.51. The molecule has 2 heterocycles. The van der Waals surface area contributed by atoms with Crippen LogP contribution in [0.5, 0.6) is 11.5 Å². The van der Waals surface area contributed by atoms with Crippen molar-refractivity contribution in [1.29, 1.82) is 0 Å². The summed E-state index contributed by atoms with van der Waals surface area (Å²) in [6, 6.07) is 9.70. The standard InChI is InChI=1S/C32H36N2O5/c1-17-5-7-19(3)27(13-17)33-29(35)23-11-9-21(15-25(23)31(33)37)39-22-10-12-24-26(16-22)32(38)34(30(24)36)28-14-18(2)6-8-20(28)4/h9-12,15-20,27-28H,5-8,13-14H2,1-4H3/t17-,18-,19-,20+,27-,28-/m1/s1. The second-order valence-electron chi connectivity index (χ2n) is 12.4. The summed E-state index contributed by atoms with van der Waals surface area (Å²) < 4.78 is 6.07. The lowest BCUT2D eigenvalue weighted by atomic mass is 9.79. The SMILES string of the molecule is C[C@@H]1CC[C@@H](C)[C@H](N2C(=O)c3ccc(Oc4ccc5c(c4)C(=O)N([C@@H]4C[C@H](C)CC[C@@H]4C)C5=O)cc3C2=O)C1. The van der Waals surface area contributed by atoms with Crippen molar-refractivity contribution in [1.82, 2.24) is 9.80 Å². The van der Waals surface area contributed by atoms with E-state index in [0.29, 0.717) is 45.6 Å². The Kier molecular flexibility index (Phi) is 6.35. The molecule has 2 fully saturated rings. The number of carbonyl (C=O) groups excluding carboxylic acids is 4. The van der Waals surface area contributed by atoms with E-state index in [1.165, 1.54) is 9.80 Å². The molecule has 0 bridgehead atoms. The van der Waals surface area contributed by atoms with Crippen molar-refractivity contribution in [2.45, 2.75) is 78.3 Å². The maximum absolute atomic E-state index is 13.4. The lowest BCUT2D eigenvalue weighted by molar-refractivity contribution is 0.0435. The number of ether oxygens (including phenoxy) is 1. The highest BCUT2D eigenvalue weighted by molar-refractivity contribution is 6.22. The summed E-state index contributed by atoms with van der Waals surface area (Å²) in [5, 5.41) is 0. The summed E-state index contributed by atoms with van der Waals surface area (Å²) in [6.07, 6.45) is 5.89. The first-order chi connectivity index (χ1) is 18.6. The number of hydrogen-bond acceptors (Lipinski definition) is 5. The molecular formula is C32H36N2O5. The fraction of sp³-hybridized carbons (Fsp3) is 0.500. The van der Waals surface area contributed by atoms with E-state index in [9.17, 15) is 19.2 Å². The third-order valence-electron chi connectivity index (χ3n) is 9.51. The molecule has 0 unspecified atom stereocenters. The molecule has 2 aliphatic carbocycles. The Morgan fingerprint density at radius 2 is 0.949 bits per heavy atom. The number of rotatable bonds is 4. The maximum atomic E-state index is 13.4. The van der Waals surface area contributed by atoms with Crippen LogP contribution < -0.4 is 4.74 Å². The summed E-state index contributed by atoms with van der Waals surface area (Å²) in [4.78, 5) is 56.1. The van der Waals surface area contributed by atoms with Gasteiger partial charge in [0.25, 0.3) is 23.6 Å². The van der Waals surface area contributed by atoms with Crippen LogP contribution in [-0.2, 0) is 0 Å². The first-order valence-electron chi connectivity index (χ1n) is 14.4. The largest absolute Gasteiger partial charge is 0.457 e. The average Bonchev–Trinajstić information content (AvgIpc) is 3.30. The van der Waals surface area contributed by atoms with E-state index < -0.39 is 0 Å². The first-order valence-corrected chi connectivity index (χ1v) is 14.4. The van der Waals surface area contributed by atoms with Gasteiger partial charge >= 0.3 is 0 Å². The second-order valence-corrected chi connectivity index (χ2v) is 12.4. The molecule has 2 aromatic rings. The topological polar surface area (TPSA) is 84.0 Å². The number of carbonyl (C=O) groups is 4. The highest BCUT2D eigenvalue weighted by Gasteiger charge is 2.45. The third kappa shape index (κ3) is 4.26. The number of imide groups is 2. The van der Waals surface area contributed by atoms with Crippen LogP contribution >= 0.6 is 0 Å². The fourth-order valence-electron chi connectivity index (χ4n) is 7.07. The zero-order valence-electron chi connectivity index (χ0n) is 23.1.